The van der Waals surface area contributed by atoms with E-state index in [1.165, 1.54) is 16.4 Å². The Labute approximate surface area is 200 Å². The lowest BCUT2D eigenvalue weighted by molar-refractivity contribution is -0.117. The molecule has 182 valence electrons. The van der Waals surface area contributed by atoms with Crippen molar-refractivity contribution < 1.29 is 22.7 Å². The summed E-state index contributed by atoms with van der Waals surface area (Å²) in [7, 11) is -1.94. The van der Waals surface area contributed by atoms with Crippen LogP contribution in [0.25, 0.3) is 0 Å². The zero-order valence-electron chi connectivity index (χ0n) is 19.4. The van der Waals surface area contributed by atoms with Gasteiger partial charge < -0.3 is 20.3 Å². The van der Waals surface area contributed by atoms with Gasteiger partial charge in [-0.25, -0.2) is 8.42 Å². The van der Waals surface area contributed by atoms with Crippen LogP contribution >= 0.6 is 0 Å². The summed E-state index contributed by atoms with van der Waals surface area (Å²) >= 11 is 0. The van der Waals surface area contributed by atoms with E-state index >= 15 is 0 Å². The van der Waals surface area contributed by atoms with Crippen molar-refractivity contribution in [1.82, 2.24) is 4.31 Å². The molecule has 2 aromatic rings. The van der Waals surface area contributed by atoms with E-state index in [1.54, 1.807) is 37.1 Å². The first-order valence-electron chi connectivity index (χ1n) is 11.5. The number of anilines is 3. The second-order valence-electron chi connectivity index (χ2n) is 8.53. The summed E-state index contributed by atoms with van der Waals surface area (Å²) in [5, 5.41) is 5.95. The van der Waals surface area contributed by atoms with Crippen LogP contribution in [0.2, 0.25) is 0 Å². The Bertz CT molecular complexity index is 1160. The highest BCUT2D eigenvalue weighted by Crippen LogP contribution is 2.34. The Balaban J connectivity index is 1.39. The van der Waals surface area contributed by atoms with Crippen molar-refractivity contribution in [2.75, 3.05) is 42.3 Å². The quantitative estimate of drug-likeness (QED) is 0.594. The van der Waals surface area contributed by atoms with Gasteiger partial charge in [0.05, 0.1) is 17.7 Å². The van der Waals surface area contributed by atoms with E-state index in [2.05, 4.69) is 10.6 Å². The van der Waals surface area contributed by atoms with Gasteiger partial charge in [-0.05, 0) is 62.6 Å². The summed E-state index contributed by atoms with van der Waals surface area (Å²) in [4.78, 5) is 26.7. The second-order valence-corrected chi connectivity index (χ2v) is 10.5. The monoisotopic (exact) mass is 486 g/mol. The number of carbonyl (C=O) groups excluding carboxylic acids is 2. The predicted molar refractivity (Wildman–Crippen MR) is 131 cm³/mol. The molecule has 2 aromatic carbocycles. The molecule has 2 heterocycles. The molecule has 4 rings (SSSR count). The number of hydrogen-bond donors (Lipinski definition) is 2. The van der Waals surface area contributed by atoms with Gasteiger partial charge in [0.1, 0.15) is 11.8 Å². The number of methoxy groups -OCH3 is 1. The SMILES string of the molecule is COc1cc(NC(C)C(=O)Nc2ccc(S(=O)(=O)N3CCCC3)cc2)ccc1N1CCCC1=O. The number of amides is 2. The lowest BCUT2D eigenvalue weighted by atomic mass is 10.2. The fraction of sp³-hybridized carbons (Fsp3) is 0.417. The summed E-state index contributed by atoms with van der Waals surface area (Å²) in [6.45, 7) is 3.49. The molecule has 2 aliphatic heterocycles. The number of hydrogen-bond acceptors (Lipinski definition) is 6. The molecule has 0 aromatic heterocycles. The van der Waals surface area contributed by atoms with Gasteiger partial charge in [-0.2, -0.15) is 4.31 Å². The van der Waals surface area contributed by atoms with E-state index in [0.717, 1.165) is 24.9 Å². The molecule has 0 saturated carbocycles. The summed E-state index contributed by atoms with van der Waals surface area (Å²) < 4.78 is 32.3. The average Bonchev–Trinajstić information content (AvgIpc) is 3.52. The average molecular weight is 487 g/mol. The van der Waals surface area contributed by atoms with Gasteiger partial charge in [0.15, 0.2) is 0 Å². The van der Waals surface area contributed by atoms with E-state index in [0.29, 0.717) is 43.2 Å². The Morgan fingerprint density at radius 3 is 2.29 bits per heavy atom. The number of nitrogens with one attached hydrogen (secondary N) is 2. The van der Waals surface area contributed by atoms with Gasteiger partial charge in [0.2, 0.25) is 21.8 Å². The highest BCUT2D eigenvalue weighted by molar-refractivity contribution is 7.89. The molecule has 34 heavy (non-hydrogen) atoms. The Kier molecular flexibility index (Phi) is 7.08. The Hall–Kier alpha value is -3.11. The third-order valence-corrected chi connectivity index (χ3v) is 8.06. The van der Waals surface area contributed by atoms with Gasteiger partial charge >= 0.3 is 0 Å². The van der Waals surface area contributed by atoms with Gasteiger partial charge in [-0.15, -0.1) is 0 Å². The molecule has 0 aliphatic carbocycles. The second kappa shape index (κ2) is 10.0. The van der Waals surface area contributed by atoms with E-state index in [1.807, 2.05) is 12.1 Å². The fourth-order valence-electron chi connectivity index (χ4n) is 4.25. The number of nitrogens with zero attached hydrogens (tertiary/aromatic N) is 2. The number of benzene rings is 2. The van der Waals surface area contributed by atoms with Crippen molar-refractivity contribution >= 4 is 38.9 Å². The molecule has 2 fully saturated rings. The van der Waals surface area contributed by atoms with Gasteiger partial charge in [0, 0.05) is 43.5 Å². The van der Waals surface area contributed by atoms with Crippen LogP contribution < -0.4 is 20.3 Å². The van der Waals surface area contributed by atoms with Crippen molar-refractivity contribution in [3.05, 3.63) is 42.5 Å². The van der Waals surface area contributed by atoms with E-state index in [9.17, 15) is 18.0 Å². The van der Waals surface area contributed by atoms with Crippen LogP contribution in [0.1, 0.15) is 32.6 Å². The smallest absolute Gasteiger partial charge is 0.246 e. The first-order valence-corrected chi connectivity index (χ1v) is 12.9. The van der Waals surface area contributed by atoms with Gasteiger partial charge in [-0.1, -0.05) is 0 Å². The highest BCUT2D eigenvalue weighted by atomic mass is 32.2. The fourth-order valence-corrected chi connectivity index (χ4v) is 5.76. The van der Waals surface area contributed by atoms with Crippen molar-refractivity contribution in [2.45, 2.75) is 43.5 Å². The van der Waals surface area contributed by atoms with Crippen LogP contribution in [0.15, 0.2) is 47.4 Å². The summed E-state index contributed by atoms with van der Waals surface area (Å²) in [6.07, 6.45) is 3.11. The third kappa shape index (κ3) is 5.02. The van der Waals surface area contributed by atoms with E-state index in [-0.39, 0.29) is 16.7 Å². The maximum atomic E-state index is 12.7. The van der Waals surface area contributed by atoms with E-state index in [4.69, 9.17) is 4.74 Å². The topological polar surface area (TPSA) is 108 Å². The lowest BCUT2D eigenvalue weighted by Crippen LogP contribution is -2.32. The molecule has 0 bridgehead atoms. The molecule has 0 radical (unpaired) electrons. The molecular weight excluding hydrogens is 456 g/mol. The van der Waals surface area contributed by atoms with Crippen molar-refractivity contribution in [3.8, 4) is 5.75 Å². The van der Waals surface area contributed by atoms with Crippen molar-refractivity contribution in [1.29, 1.82) is 0 Å². The summed E-state index contributed by atoms with van der Waals surface area (Å²) in [5.74, 6) is 0.363. The number of carbonyl (C=O) groups is 2. The van der Waals surface area contributed by atoms with Gasteiger partial charge in [0.25, 0.3) is 0 Å². The molecule has 10 heteroatoms. The van der Waals surface area contributed by atoms with Crippen LogP contribution in [0, 0.1) is 0 Å². The number of sulfonamides is 1. The van der Waals surface area contributed by atoms with Crippen LogP contribution in [0.4, 0.5) is 17.1 Å². The minimum absolute atomic E-state index is 0.0750. The van der Waals surface area contributed by atoms with Crippen LogP contribution in [-0.2, 0) is 19.6 Å². The Morgan fingerprint density at radius 1 is 1.00 bits per heavy atom. The van der Waals surface area contributed by atoms with Crippen LogP contribution in [0.3, 0.4) is 0 Å². The highest BCUT2D eigenvalue weighted by Gasteiger charge is 2.27. The summed E-state index contributed by atoms with van der Waals surface area (Å²) in [5.41, 5.74) is 1.91. The first kappa shape index (κ1) is 24.0. The molecule has 2 amide bonds. The van der Waals surface area contributed by atoms with Crippen molar-refractivity contribution in [3.63, 3.8) is 0 Å². The molecule has 2 N–H and O–H groups in total. The largest absolute Gasteiger partial charge is 0.494 e. The third-order valence-electron chi connectivity index (χ3n) is 6.15. The predicted octanol–water partition coefficient (Wildman–Crippen LogP) is 3.05. The number of rotatable bonds is 8. The maximum Gasteiger partial charge on any atom is 0.246 e. The van der Waals surface area contributed by atoms with Gasteiger partial charge in [-0.3, -0.25) is 9.59 Å². The molecule has 2 saturated heterocycles. The Morgan fingerprint density at radius 2 is 1.68 bits per heavy atom. The molecule has 1 atom stereocenters. The molecular formula is C24H30N4O5S. The normalized spacial score (nSPS) is 17.6. The number of ether oxygens (including phenoxy) is 1. The molecule has 9 nitrogen and oxygen atoms in total. The zero-order valence-corrected chi connectivity index (χ0v) is 20.2. The minimum Gasteiger partial charge on any atom is -0.494 e. The van der Waals surface area contributed by atoms with Crippen LogP contribution in [0.5, 0.6) is 5.75 Å². The first-order chi connectivity index (χ1) is 16.3. The standard InChI is InChI=1S/C24H30N4O5S/c1-17(25-19-9-12-21(22(16-19)33-2)28-15-5-6-23(28)29)24(30)26-18-7-10-20(11-8-18)34(31,32)27-13-3-4-14-27/h7-12,16-17,25H,3-6,13-15H2,1-2H3,(H,26,30). The lowest BCUT2D eigenvalue weighted by Gasteiger charge is -2.21. The summed E-state index contributed by atoms with van der Waals surface area (Å²) in [6, 6.07) is 11.0. The minimum atomic E-state index is -3.49. The molecule has 0 spiro atoms. The molecule has 2 aliphatic rings. The molecule has 1 unspecified atom stereocenters. The van der Waals surface area contributed by atoms with Crippen molar-refractivity contribution in [2.24, 2.45) is 0 Å². The zero-order chi connectivity index (χ0) is 24.3. The van der Waals surface area contributed by atoms with E-state index < -0.39 is 16.1 Å². The van der Waals surface area contributed by atoms with Crippen LogP contribution in [-0.4, -0.2) is 57.3 Å². The maximum absolute atomic E-state index is 12.7.